The van der Waals surface area contributed by atoms with Crippen LogP contribution in [0.3, 0.4) is 0 Å². The lowest BCUT2D eigenvalue weighted by Crippen LogP contribution is -2.33. The van der Waals surface area contributed by atoms with Gasteiger partial charge in [-0.1, -0.05) is 45.0 Å². The van der Waals surface area contributed by atoms with Crippen molar-refractivity contribution in [1.29, 1.82) is 0 Å². The van der Waals surface area contributed by atoms with Gasteiger partial charge >= 0.3 is 0 Å². The first-order valence-corrected chi connectivity index (χ1v) is 12.3. The number of aromatic nitrogens is 1. The van der Waals surface area contributed by atoms with Crippen LogP contribution in [0.15, 0.2) is 71.8 Å². The molecular weight excluding hydrogens is 472 g/mol. The van der Waals surface area contributed by atoms with Crippen LogP contribution in [-0.4, -0.2) is 38.5 Å². The molecule has 34 heavy (non-hydrogen) atoms. The molecule has 0 unspecified atom stereocenters. The van der Waals surface area contributed by atoms with E-state index in [1.165, 1.54) is 4.31 Å². The number of halogens is 1. The van der Waals surface area contributed by atoms with Gasteiger partial charge in [0.15, 0.2) is 11.5 Å². The summed E-state index contributed by atoms with van der Waals surface area (Å²) in [6.45, 7) is 6.81. The van der Waals surface area contributed by atoms with Crippen LogP contribution in [0.2, 0.25) is 0 Å². The number of pyridine rings is 1. The van der Waals surface area contributed by atoms with Crippen LogP contribution in [-0.2, 0) is 28.4 Å². The molecule has 1 aromatic heterocycles. The lowest BCUT2D eigenvalue weighted by Gasteiger charge is -2.23. The Balaban J connectivity index is 0.00000408. The number of hydrogen-bond acceptors (Lipinski definition) is 5. The molecule has 0 aliphatic heterocycles. The molecular formula is C26H33ClN2O4S. The summed E-state index contributed by atoms with van der Waals surface area (Å²) in [4.78, 5) is 4.61. The standard InChI is InChI=1S/C26H32N2O4S.ClH/c1-26(2,3)21-10-12-23(13-11-21)33(29,30)28(19-22-8-6-7-16-27-22)17-15-20-9-14-24(31-4)25(18-20)32-5;/h6-14,16,18H,15,17,19H2,1-5H3;1H. The van der Waals surface area contributed by atoms with Crippen LogP contribution in [0.4, 0.5) is 0 Å². The summed E-state index contributed by atoms with van der Waals surface area (Å²) in [7, 11) is -0.552. The number of methoxy groups -OCH3 is 2. The van der Waals surface area contributed by atoms with Gasteiger partial charge in [0, 0.05) is 12.7 Å². The average Bonchev–Trinajstić information content (AvgIpc) is 2.81. The Morgan fingerprint density at radius 1 is 0.912 bits per heavy atom. The van der Waals surface area contributed by atoms with Gasteiger partial charge in [0.25, 0.3) is 0 Å². The maximum atomic E-state index is 13.6. The van der Waals surface area contributed by atoms with Crippen LogP contribution in [0, 0.1) is 0 Å². The number of rotatable bonds is 9. The zero-order valence-corrected chi connectivity index (χ0v) is 21.9. The van der Waals surface area contributed by atoms with E-state index in [4.69, 9.17) is 9.47 Å². The molecule has 0 aliphatic rings. The first-order chi connectivity index (χ1) is 15.6. The van der Waals surface area contributed by atoms with Gasteiger partial charge in [0.05, 0.1) is 31.4 Å². The molecule has 0 radical (unpaired) electrons. The topological polar surface area (TPSA) is 68.7 Å². The first-order valence-electron chi connectivity index (χ1n) is 10.9. The van der Waals surface area contributed by atoms with E-state index in [0.29, 0.717) is 30.2 Å². The van der Waals surface area contributed by atoms with Crippen LogP contribution in [0.5, 0.6) is 11.5 Å². The number of ether oxygens (including phenoxy) is 2. The Bertz CT molecular complexity index is 1160. The largest absolute Gasteiger partial charge is 0.493 e. The van der Waals surface area contributed by atoms with Gasteiger partial charge in [-0.2, -0.15) is 4.31 Å². The van der Waals surface area contributed by atoms with Crippen molar-refractivity contribution in [3.05, 3.63) is 83.7 Å². The molecule has 0 saturated heterocycles. The monoisotopic (exact) mass is 504 g/mol. The van der Waals surface area contributed by atoms with Crippen LogP contribution >= 0.6 is 12.4 Å². The van der Waals surface area contributed by atoms with E-state index in [0.717, 1.165) is 11.1 Å². The normalized spacial score (nSPS) is 11.7. The molecule has 2 aromatic carbocycles. The summed E-state index contributed by atoms with van der Waals surface area (Å²) in [5.41, 5.74) is 2.68. The predicted molar refractivity (Wildman–Crippen MR) is 137 cm³/mol. The highest BCUT2D eigenvalue weighted by Gasteiger charge is 2.26. The summed E-state index contributed by atoms with van der Waals surface area (Å²) in [6, 6.07) is 18.3. The third-order valence-electron chi connectivity index (χ3n) is 5.52. The Morgan fingerprint density at radius 2 is 1.59 bits per heavy atom. The second-order valence-electron chi connectivity index (χ2n) is 8.87. The molecule has 3 rings (SSSR count). The van der Waals surface area contributed by atoms with Gasteiger partial charge in [-0.25, -0.2) is 8.42 Å². The summed E-state index contributed by atoms with van der Waals surface area (Å²) in [5.74, 6) is 1.25. The maximum absolute atomic E-state index is 13.6. The predicted octanol–water partition coefficient (Wildman–Crippen LogP) is 5.25. The summed E-state index contributed by atoms with van der Waals surface area (Å²) < 4.78 is 39.4. The number of benzene rings is 2. The molecule has 8 heteroatoms. The lowest BCUT2D eigenvalue weighted by molar-refractivity contribution is 0.354. The minimum Gasteiger partial charge on any atom is -0.493 e. The van der Waals surface area contributed by atoms with E-state index < -0.39 is 10.0 Å². The fourth-order valence-electron chi connectivity index (χ4n) is 3.52. The molecule has 0 saturated carbocycles. The van der Waals surface area contributed by atoms with E-state index in [9.17, 15) is 8.42 Å². The van der Waals surface area contributed by atoms with Gasteiger partial charge in [0.2, 0.25) is 10.0 Å². The second-order valence-corrected chi connectivity index (χ2v) is 10.8. The molecule has 3 aromatic rings. The van der Waals surface area contributed by atoms with Crippen molar-refractivity contribution in [2.24, 2.45) is 0 Å². The van der Waals surface area contributed by atoms with E-state index in [-0.39, 0.29) is 29.3 Å². The highest BCUT2D eigenvalue weighted by atomic mass is 35.5. The lowest BCUT2D eigenvalue weighted by atomic mass is 9.87. The Morgan fingerprint density at radius 3 is 2.15 bits per heavy atom. The molecule has 0 N–H and O–H groups in total. The molecule has 0 amide bonds. The molecule has 0 bridgehead atoms. The van der Waals surface area contributed by atoms with Crippen molar-refractivity contribution in [3.63, 3.8) is 0 Å². The van der Waals surface area contributed by atoms with Gasteiger partial charge < -0.3 is 9.47 Å². The van der Waals surface area contributed by atoms with E-state index in [2.05, 4.69) is 25.8 Å². The van der Waals surface area contributed by atoms with Crippen molar-refractivity contribution in [2.45, 2.75) is 44.0 Å². The van der Waals surface area contributed by atoms with Crippen molar-refractivity contribution in [3.8, 4) is 11.5 Å². The molecule has 0 fully saturated rings. The van der Waals surface area contributed by atoms with Crippen LogP contribution in [0.1, 0.15) is 37.6 Å². The van der Waals surface area contributed by atoms with E-state index in [1.54, 1.807) is 32.5 Å². The molecule has 0 spiro atoms. The SMILES string of the molecule is COc1ccc(CCN(Cc2ccccn2)S(=O)(=O)c2ccc(C(C)(C)C)cc2)cc1OC.Cl. The quantitative estimate of drug-likeness (QED) is 0.398. The minimum absolute atomic E-state index is 0. The first kappa shape index (κ1) is 27.6. The summed E-state index contributed by atoms with van der Waals surface area (Å²) in [6.07, 6.45) is 2.19. The third-order valence-corrected chi connectivity index (χ3v) is 7.38. The summed E-state index contributed by atoms with van der Waals surface area (Å²) >= 11 is 0. The van der Waals surface area contributed by atoms with Crippen LogP contribution in [0.25, 0.3) is 0 Å². The zero-order valence-electron chi connectivity index (χ0n) is 20.3. The fraction of sp³-hybridized carbons (Fsp3) is 0.346. The van der Waals surface area contributed by atoms with E-state index >= 15 is 0 Å². The van der Waals surface area contributed by atoms with Crippen molar-refractivity contribution >= 4 is 22.4 Å². The number of sulfonamides is 1. The van der Waals surface area contributed by atoms with Crippen molar-refractivity contribution in [2.75, 3.05) is 20.8 Å². The van der Waals surface area contributed by atoms with Crippen LogP contribution < -0.4 is 9.47 Å². The third kappa shape index (κ3) is 6.72. The molecule has 1 heterocycles. The molecule has 0 atom stereocenters. The highest BCUT2D eigenvalue weighted by Crippen LogP contribution is 2.29. The highest BCUT2D eigenvalue weighted by molar-refractivity contribution is 7.89. The Labute approximate surface area is 209 Å². The minimum atomic E-state index is -3.72. The van der Waals surface area contributed by atoms with Crippen molar-refractivity contribution < 1.29 is 17.9 Å². The molecule has 0 aliphatic carbocycles. The van der Waals surface area contributed by atoms with Crippen molar-refractivity contribution in [1.82, 2.24) is 9.29 Å². The fourth-order valence-corrected chi connectivity index (χ4v) is 4.93. The Hall–Kier alpha value is -2.61. The number of hydrogen-bond donors (Lipinski definition) is 0. The van der Waals surface area contributed by atoms with Gasteiger partial charge in [0.1, 0.15) is 0 Å². The zero-order chi connectivity index (χ0) is 24.1. The van der Waals surface area contributed by atoms with E-state index in [1.807, 2.05) is 48.5 Å². The smallest absolute Gasteiger partial charge is 0.243 e. The second kappa shape index (κ2) is 11.7. The van der Waals surface area contributed by atoms with Gasteiger partial charge in [-0.3, -0.25) is 4.98 Å². The molecule has 184 valence electrons. The number of nitrogens with zero attached hydrogens (tertiary/aromatic N) is 2. The maximum Gasteiger partial charge on any atom is 0.243 e. The molecule has 6 nitrogen and oxygen atoms in total. The van der Waals surface area contributed by atoms with Gasteiger partial charge in [-0.15, -0.1) is 12.4 Å². The average molecular weight is 505 g/mol. The van der Waals surface area contributed by atoms with Gasteiger partial charge in [-0.05, 0) is 59.4 Å². The Kier molecular flexibility index (Phi) is 9.50. The summed E-state index contributed by atoms with van der Waals surface area (Å²) in [5, 5.41) is 0.